The molecule has 0 heterocycles. The van der Waals surface area contributed by atoms with Crippen molar-refractivity contribution in [2.75, 3.05) is 13.7 Å². The minimum Gasteiger partial charge on any atom is -0.380 e. The summed E-state index contributed by atoms with van der Waals surface area (Å²) >= 11 is 5.88. The predicted octanol–water partition coefficient (Wildman–Crippen LogP) is 2.52. The van der Waals surface area contributed by atoms with Gasteiger partial charge in [0.2, 0.25) is 0 Å². The van der Waals surface area contributed by atoms with Gasteiger partial charge < -0.3 is 10.5 Å². The molecule has 0 radical (unpaired) electrons. The first kappa shape index (κ1) is 12.4. The van der Waals surface area contributed by atoms with Gasteiger partial charge in [0, 0.05) is 17.7 Å². The zero-order valence-electron chi connectivity index (χ0n) is 8.72. The molecule has 0 amide bonds. The molecule has 0 unspecified atom stereocenters. The van der Waals surface area contributed by atoms with Crippen LogP contribution in [0.5, 0.6) is 0 Å². The second-order valence-electron chi connectivity index (χ2n) is 3.36. The molecule has 0 aromatic heterocycles. The summed E-state index contributed by atoms with van der Waals surface area (Å²) in [7, 11) is 1.53. The Balaban J connectivity index is 2.93. The van der Waals surface area contributed by atoms with Crippen molar-refractivity contribution in [1.82, 2.24) is 0 Å². The van der Waals surface area contributed by atoms with E-state index in [1.807, 2.05) is 0 Å². The molecule has 0 atom stereocenters. The van der Waals surface area contributed by atoms with Crippen molar-refractivity contribution >= 4 is 11.6 Å². The Bertz CT molecular complexity index is 331. The van der Waals surface area contributed by atoms with Gasteiger partial charge in [0.15, 0.2) is 0 Å². The minimum absolute atomic E-state index is 0.227. The van der Waals surface area contributed by atoms with E-state index in [0.29, 0.717) is 29.1 Å². The van der Waals surface area contributed by atoms with Crippen LogP contribution in [0, 0.1) is 5.82 Å². The third-order valence-corrected chi connectivity index (χ3v) is 2.36. The fourth-order valence-corrected chi connectivity index (χ4v) is 1.71. The van der Waals surface area contributed by atoms with E-state index in [2.05, 4.69) is 0 Å². The highest BCUT2D eigenvalue weighted by atomic mass is 35.5. The molecule has 15 heavy (non-hydrogen) atoms. The Morgan fingerprint density at radius 2 is 2.07 bits per heavy atom. The van der Waals surface area contributed by atoms with Crippen molar-refractivity contribution in [2.45, 2.75) is 19.4 Å². The summed E-state index contributed by atoms with van der Waals surface area (Å²) in [5.41, 5.74) is 6.49. The van der Waals surface area contributed by atoms with Crippen LogP contribution in [-0.4, -0.2) is 13.7 Å². The quantitative estimate of drug-likeness (QED) is 0.845. The number of aryl methyl sites for hydroxylation is 1. The van der Waals surface area contributed by atoms with Gasteiger partial charge in [0.25, 0.3) is 0 Å². The third-order valence-electron chi connectivity index (χ3n) is 2.14. The van der Waals surface area contributed by atoms with E-state index in [1.54, 1.807) is 12.1 Å². The highest BCUT2D eigenvalue weighted by molar-refractivity contribution is 6.30. The second kappa shape index (κ2) is 6.05. The van der Waals surface area contributed by atoms with Gasteiger partial charge in [0.05, 0.1) is 6.61 Å². The topological polar surface area (TPSA) is 35.2 Å². The molecule has 0 aliphatic rings. The summed E-state index contributed by atoms with van der Waals surface area (Å²) in [5, 5.41) is 0.537. The van der Waals surface area contributed by atoms with Crippen molar-refractivity contribution in [3.05, 3.63) is 34.1 Å². The minimum atomic E-state index is -0.227. The summed E-state index contributed by atoms with van der Waals surface area (Å²) in [6.45, 7) is 0.785. The summed E-state index contributed by atoms with van der Waals surface area (Å²) in [4.78, 5) is 0. The molecule has 0 saturated carbocycles. The van der Waals surface area contributed by atoms with Crippen LogP contribution >= 0.6 is 11.6 Å². The lowest BCUT2D eigenvalue weighted by Gasteiger charge is -2.08. The highest BCUT2D eigenvalue weighted by Crippen LogP contribution is 2.21. The summed E-state index contributed by atoms with van der Waals surface area (Å²) in [6, 6.07) is 3.23. The smallest absolute Gasteiger partial charge is 0.132 e. The van der Waals surface area contributed by atoms with Crippen LogP contribution in [0.1, 0.15) is 17.5 Å². The van der Waals surface area contributed by atoms with Gasteiger partial charge in [-0.25, -0.2) is 4.39 Å². The molecule has 0 bridgehead atoms. The number of ether oxygens (including phenoxy) is 1. The average Bonchev–Trinajstić information content (AvgIpc) is 2.21. The fourth-order valence-electron chi connectivity index (χ4n) is 1.44. The molecule has 2 N–H and O–H groups in total. The van der Waals surface area contributed by atoms with E-state index < -0.39 is 0 Å². The molecule has 2 nitrogen and oxygen atoms in total. The van der Waals surface area contributed by atoms with Crippen LogP contribution in [0.2, 0.25) is 5.02 Å². The van der Waals surface area contributed by atoms with Crippen LogP contribution in [0.4, 0.5) is 4.39 Å². The SMILES string of the molecule is COCc1cc(Cl)cc(CCCN)c1F. The Morgan fingerprint density at radius 3 is 2.67 bits per heavy atom. The van der Waals surface area contributed by atoms with Gasteiger partial charge in [0.1, 0.15) is 5.82 Å². The molecule has 0 spiro atoms. The van der Waals surface area contributed by atoms with Gasteiger partial charge in [-0.3, -0.25) is 0 Å². The largest absolute Gasteiger partial charge is 0.380 e. The zero-order valence-corrected chi connectivity index (χ0v) is 9.48. The maximum absolute atomic E-state index is 13.8. The first-order valence-corrected chi connectivity index (χ1v) is 5.22. The lowest BCUT2D eigenvalue weighted by Crippen LogP contribution is -2.04. The van der Waals surface area contributed by atoms with Crippen molar-refractivity contribution in [1.29, 1.82) is 0 Å². The molecular weight excluding hydrogens is 217 g/mol. The highest BCUT2D eigenvalue weighted by Gasteiger charge is 2.09. The fraction of sp³-hybridized carbons (Fsp3) is 0.455. The third kappa shape index (κ3) is 3.45. The lowest BCUT2D eigenvalue weighted by atomic mass is 10.1. The van der Waals surface area contributed by atoms with Gasteiger partial charge in [-0.05, 0) is 37.1 Å². The number of methoxy groups -OCH3 is 1. The first-order chi connectivity index (χ1) is 7.19. The number of rotatable bonds is 5. The van der Waals surface area contributed by atoms with Crippen LogP contribution in [0.3, 0.4) is 0 Å². The zero-order chi connectivity index (χ0) is 11.3. The number of benzene rings is 1. The molecule has 4 heteroatoms. The normalized spacial score (nSPS) is 10.7. The van der Waals surface area contributed by atoms with Crippen LogP contribution in [0.15, 0.2) is 12.1 Å². The van der Waals surface area contributed by atoms with E-state index in [0.717, 1.165) is 6.42 Å². The lowest BCUT2D eigenvalue weighted by molar-refractivity contribution is 0.181. The predicted molar refractivity (Wildman–Crippen MR) is 59.5 cm³/mol. The van der Waals surface area contributed by atoms with E-state index >= 15 is 0 Å². The van der Waals surface area contributed by atoms with E-state index in [-0.39, 0.29) is 12.4 Å². The molecular formula is C11H15ClFNO. The Kier molecular flexibility index (Phi) is 5.02. The molecule has 1 rings (SSSR count). The molecule has 1 aromatic rings. The first-order valence-electron chi connectivity index (χ1n) is 4.84. The Labute approximate surface area is 94.2 Å². The number of nitrogens with two attached hydrogens (primary N) is 1. The maximum atomic E-state index is 13.8. The molecule has 1 aromatic carbocycles. The number of hydrogen-bond donors (Lipinski definition) is 1. The molecule has 0 aliphatic heterocycles. The van der Waals surface area contributed by atoms with Gasteiger partial charge in [-0.1, -0.05) is 11.6 Å². The maximum Gasteiger partial charge on any atom is 0.132 e. The Morgan fingerprint density at radius 1 is 1.40 bits per heavy atom. The van der Waals surface area contributed by atoms with Crippen molar-refractivity contribution < 1.29 is 9.13 Å². The number of hydrogen-bond acceptors (Lipinski definition) is 2. The molecule has 84 valence electrons. The molecule has 0 aliphatic carbocycles. The van der Waals surface area contributed by atoms with Crippen LogP contribution in [-0.2, 0) is 17.8 Å². The summed E-state index contributed by atoms with van der Waals surface area (Å²) < 4.78 is 18.7. The van der Waals surface area contributed by atoms with Crippen molar-refractivity contribution in [2.24, 2.45) is 5.73 Å². The van der Waals surface area contributed by atoms with E-state index in [1.165, 1.54) is 7.11 Å². The number of halogens is 2. The summed E-state index contributed by atoms with van der Waals surface area (Å²) in [5.74, 6) is -0.227. The van der Waals surface area contributed by atoms with Gasteiger partial charge in [-0.2, -0.15) is 0 Å². The molecule has 0 saturated heterocycles. The molecule has 0 fully saturated rings. The monoisotopic (exact) mass is 231 g/mol. The standard InChI is InChI=1S/C11H15ClFNO/c1-15-7-9-6-10(12)5-8(11(9)13)3-2-4-14/h5-6H,2-4,7,14H2,1H3. The van der Waals surface area contributed by atoms with Gasteiger partial charge in [-0.15, -0.1) is 0 Å². The Hall–Kier alpha value is -0.640. The van der Waals surface area contributed by atoms with Gasteiger partial charge >= 0.3 is 0 Å². The van der Waals surface area contributed by atoms with E-state index in [4.69, 9.17) is 22.1 Å². The van der Waals surface area contributed by atoms with Crippen LogP contribution in [0.25, 0.3) is 0 Å². The summed E-state index contributed by atoms with van der Waals surface area (Å²) in [6.07, 6.45) is 1.36. The van der Waals surface area contributed by atoms with Crippen molar-refractivity contribution in [3.8, 4) is 0 Å². The van der Waals surface area contributed by atoms with Crippen molar-refractivity contribution in [3.63, 3.8) is 0 Å². The average molecular weight is 232 g/mol. The second-order valence-corrected chi connectivity index (χ2v) is 3.80. The van der Waals surface area contributed by atoms with Crippen LogP contribution < -0.4 is 5.73 Å². The van der Waals surface area contributed by atoms with E-state index in [9.17, 15) is 4.39 Å².